The lowest BCUT2D eigenvalue weighted by molar-refractivity contribution is -0.137. The van der Waals surface area contributed by atoms with Gasteiger partial charge in [0.05, 0.1) is 11.3 Å². The van der Waals surface area contributed by atoms with Gasteiger partial charge in [-0.2, -0.15) is 0 Å². The van der Waals surface area contributed by atoms with Crippen LogP contribution in [0, 0.1) is 0 Å². The SMILES string of the molecule is CC(C)c1ncncc1C(=O)NCCCCCC(=O)O. The van der Waals surface area contributed by atoms with E-state index < -0.39 is 5.97 Å². The van der Waals surface area contributed by atoms with E-state index in [4.69, 9.17) is 5.11 Å². The number of aromatic nitrogens is 2. The molecule has 20 heavy (non-hydrogen) atoms. The van der Waals surface area contributed by atoms with Crippen molar-refractivity contribution in [3.05, 3.63) is 23.8 Å². The van der Waals surface area contributed by atoms with Crippen LogP contribution in [0.4, 0.5) is 0 Å². The molecule has 0 aromatic carbocycles. The van der Waals surface area contributed by atoms with Crippen LogP contribution in [0.15, 0.2) is 12.5 Å². The highest BCUT2D eigenvalue weighted by Crippen LogP contribution is 2.15. The lowest BCUT2D eigenvalue weighted by Gasteiger charge is -2.10. The second-order valence-electron chi connectivity index (χ2n) is 4.94. The van der Waals surface area contributed by atoms with Crippen LogP contribution in [0.5, 0.6) is 0 Å². The fourth-order valence-electron chi connectivity index (χ4n) is 1.85. The first-order valence-corrected chi connectivity index (χ1v) is 6.82. The highest BCUT2D eigenvalue weighted by molar-refractivity contribution is 5.95. The van der Waals surface area contributed by atoms with Gasteiger partial charge in [0, 0.05) is 19.2 Å². The summed E-state index contributed by atoms with van der Waals surface area (Å²) in [4.78, 5) is 30.4. The number of unbranched alkanes of at least 4 members (excludes halogenated alkanes) is 2. The Balaban J connectivity index is 2.38. The van der Waals surface area contributed by atoms with Gasteiger partial charge >= 0.3 is 5.97 Å². The number of nitrogens with zero attached hydrogens (tertiary/aromatic N) is 2. The molecule has 0 bridgehead atoms. The molecule has 110 valence electrons. The lowest BCUT2D eigenvalue weighted by atomic mass is 10.0. The zero-order valence-electron chi connectivity index (χ0n) is 11.9. The maximum atomic E-state index is 12.0. The number of rotatable bonds is 8. The van der Waals surface area contributed by atoms with Crippen molar-refractivity contribution >= 4 is 11.9 Å². The largest absolute Gasteiger partial charge is 0.481 e. The number of carbonyl (C=O) groups excluding carboxylic acids is 1. The predicted octanol–water partition coefficient (Wildman–Crippen LogP) is 1.97. The van der Waals surface area contributed by atoms with E-state index in [-0.39, 0.29) is 18.2 Å². The van der Waals surface area contributed by atoms with E-state index in [1.165, 1.54) is 12.5 Å². The Bertz CT molecular complexity index is 461. The molecule has 0 radical (unpaired) electrons. The third kappa shape index (κ3) is 5.34. The van der Waals surface area contributed by atoms with Crippen LogP contribution in [0.1, 0.15) is 61.5 Å². The van der Waals surface area contributed by atoms with Crippen LogP contribution < -0.4 is 5.32 Å². The maximum absolute atomic E-state index is 12.0. The topological polar surface area (TPSA) is 92.2 Å². The average molecular weight is 279 g/mol. The third-order valence-corrected chi connectivity index (χ3v) is 2.89. The minimum atomic E-state index is -0.781. The molecular weight excluding hydrogens is 258 g/mol. The van der Waals surface area contributed by atoms with Crippen molar-refractivity contribution in [1.82, 2.24) is 15.3 Å². The number of hydrogen-bond donors (Lipinski definition) is 2. The number of carbonyl (C=O) groups is 2. The number of hydrogen-bond acceptors (Lipinski definition) is 4. The van der Waals surface area contributed by atoms with E-state index in [1.54, 1.807) is 0 Å². The second kappa shape index (κ2) is 8.24. The zero-order chi connectivity index (χ0) is 15.0. The Labute approximate surface area is 118 Å². The summed E-state index contributed by atoms with van der Waals surface area (Å²) in [6.45, 7) is 4.49. The highest BCUT2D eigenvalue weighted by atomic mass is 16.4. The van der Waals surface area contributed by atoms with Crippen LogP contribution >= 0.6 is 0 Å². The molecule has 6 nitrogen and oxygen atoms in total. The minimum absolute atomic E-state index is 0.161. The summed E-state index contributed by atoms with van der Waals surface area (Å²) in [7, 11) is 0. The summed E-state index contributed by atoms with van der Waals surface area (Å²) < 4.78 is 0. The first-order valence-electron chi connectivity index (χ1n) is 6.82. The fourth-order valence-corrected chi connectivity index (χ4v) is 1.85. The molecule has 2 N–H and O–H groups in total. The molecule has 1 aromatic rings. The number of amides is 1. The molecule has 1 amide bonds. The molecule has 0 atom stereocenters. The van der Waals surface area contributed by atoms with E-state index in [0.717, 1.165) is 18.5 Å². The summed E-state index contributed by atoms with van der Waals surface area (Å²) in [5.74, 6) is -0.793. The van der Waals surface area contributed by atoms with E-state index in [9.17, 15) is 9.59 Å². The molecule has 0 unspecified atom stereocenters. The van der Waals surface area contributed by atoms with Crippen molar-refractivity contribution in [2.45, 2.75) is 45.4 Å². The normalized spacial score (nSPS) is 10.6. The fraction of sp³-hybridized carbons (Fsp3) is 0.571. The quantitative estimate of drug-likeness (QED) is 0.710. The van der Waals surface area contributed by atoms with E-state index >= 15 is 0 Å². The predicted molar refractivity (Wildman–Crippen MR) is 74.6 cm³/mol. The van der Waals surface area contributed by atoms with E-state index in [0.29, 0.717) is 18.5 Å². The summed E-state index contributed by atoms with van der Waals surface area (Å²) >= 11 is 0. The molecule has 1 aromatic heterocycles. The number of aliphatic carboxylic acids is 1. The van der Waals surface area contributed by atoms with Crippen molar-refractivity contribution < 1.29 is 14.7 Å². The van der Waals surface area contributed by atoms with Crippen molar-refractivity contribution in [1.29, 1.82) is 0 Å². The smallest absolute Gasteiger partial charge is 0.303 e. The minimum Gasteiger partial charge on any atom is -0.481 e. The summed E-state index contributed by atoms with van der Waals surface area (Å²) in [6, 6.07) is 0. The molecule has 1 heterocycles. The van der Waals surface area contributed by atoms with Crippen molar-refractivity contribution in [3.63, 3.8) is 0 Å². The van der Waals surface area contributed by atoms with Crippen LogP contribution in [-0.4, -0.2) is 33.5 Å². The van der Waals surface area contributed by atoms with Gasteiger partial charge in [-0.1, -0.05) is 20.3 Å². The van der Waals surface area contributed by atoms with Gasteiger partial charge in [-0.25, -0.2) is 9.97 Å². The second-order valence-corrected chi connectivity index (χ2v) is 4.94. The monoisotopic (exact) mass is 279 g/mol. The molecule has 0 fully saturated rings. The molecule has 0 aliphatic rings. The zero-order valence-corrected chi connectivity index (χ0v) is 11.9. The molecular formula is C14H21N3O3. The van der Waals surface area contributed by atoms with Crippen LogP contribution in [0.25, 0.3) is 0 Å². The Morgan fingerprint density at radius 3 is 2.70 bits per heavy atom. The van der Waals surface area contributed by atoms with E-state index in [1.807, 2.05) is 13.8 Å². The average Bonchev–Trinajstić information content (AvgIpc) is 2.42. The lowest BCUT2D eigenvalue weighted by Crippen LogP contribution is -2.26. The first kappa shape index (κ1) is 16.1. The van der Waals surface area contributed by atoms with Gasteiger partial charge in [0.25, 0.3) is 5.91 Å². The van der Waals surface area contributed by atoms with Gasteiger partial charge in [0.2, 0.25) is 0 Å². The van der Waals surface area contributed by atoms with Gasteiger partial charge in [-0.05, 0) is 18.8 Å². The summed E-state index contributed by atoms with van der Waals surface area (Å²) in [5, 5.41) is 11.3. The van der Waals surface area contributed by atoms with Crippen LogP contribution in [0.2, 0.25) is 0 Å². The summed E-state index contributed by atoms with van der Waals surface area (Å²) in [5.41, 5.74) is 1.25. The van der Waals surface area contributed by atoms with Crippen LogP contribution in [-0.2, 0) is 4.79 Å². The summed E-state index contributed by atoms with van der Waals surface area (Å²) in [6.07, 6.45) is 5.34. The molecule has 0 saturated heterocycles. The Kier molecular flexibility index (Phi) is 6.63. The van der Waals surface area contributed by atoms with Gasteiger partial charge in [-0.15, -0.1) is 0 Å². The van der Waals surface area contributed by atoms with Gasteiger partial charge in [0.1, 0.15) is 6.33 Å². The number of carboxylic acid groups (broad SMARTS) is 1. The van der Waals surface area contributed by atoms with Crippen molar-refractivity contribution in [3.8, 4) is 0 Å². The highest BCUT2D eigenvalue weighted by Gasteiger charge is 2.14. The van der Waals surface area contributed by atoms with Crippen molar-refractivity contribution in [2.24, 2.45) is 0 Å². The van der Waals surface area contributed by atoms with Gasteiger partial charge < -0.3 is 10.4 Å². The Morgan fingerprint density at radius 1 is 1.30 bits per heavy atom. The third-order valence-electron chi connectivity index (χ3n) is 2.89. The molecule has 6 heteroatoms. The molecule has 0 saturated carbocycles. The molecule has 0 spiro atoms. The standard InChI is InChI=1S/C14H21N3O3/c1-10(2)13-11(8-15-9-17-13)14(20)16-7-5-3-4-6-12(18)19/h8-10H,3-7H2,1-2H3,(H,16,20)(H,18,19). The molecule has 0 aliphatic heterocycles. The van der Waals surface area contributed by atoms with Gasteiger partial charge in [-0.3, -0.25) is 9.59 Å². The number of nitrogens with one attached hydrogen (secondary N) is 1. The number of carboxylic acids is 1. The molecule has 1 rings (SSSR count). The first-order chi connectivity index (χ1) is 9.52. The molecule has 0 aliphatic carbocycles. The van der Waals surface area contributed by atoms with Crippen molar-refractivity contribution in [2.75, 3.05) is 6.54 Å². The Hall–Kier alpha value is -1.98. The van der Waals surface area contributed by atoms with Gasteiger partial charge in [0.15, 0.2) is 0 Å². The maximum Gasteiger partial charge on any atom is 0.303 e. The van der Waals surface area contributed by atoms with Crippen LogP contribution in [0.3, 0.4) is 0 Å². The Morgan fingerprint density at radius 2 is 2.05 bits per heavy atom. The van der Waals surface area contributed by atoms with E-state index in [2.05, 4.69) is 15.3 Å².